The molecule has 0 saturated carbocycles. The summed E-state index contributed by atoms with van der Waals surface area (Å²) in [4.78, 5) is 0. The van der Waals surface area contributed by atoms with Crippen LogP contribution in [-0.2, 0) is 0 Å². The van der Waals surface area contributed by atoms with Crippen molar-refractivity contribution in [3.05, 3.63) is 73.1 Å². The number of aliphatic hydroxyl groups excluding tert-OH is 2. The van der Waals surface area contributed by atoms with Crippen molar-refractivity contribution in [2.45, 2.75) is 12.6 Å². The first-order valence-corrected chi connectivity index (χ1v) is 7.09. The standard InChI is InChI=1S/C18H15F3O4/c1-3-15(22)24-10-5-6-11(13(19)9-10)12-7-8-14(18(21)17(12)20)25-16(23)4-2/h3-9,15-16,22-23H,1-2H2. The fourth-order valence-electron chi connectivity index (χ4n) is 1.98. The molecule has 0 aliphatic carbocycles. The van der Waals surface area contributed by atoms with E-state index in [4.69, 9.17) is 9.47 Å². The van der Waals surface area contributed by atoms with Crippen molar-refractivity contribution in [3.8, 4) is 22.6 Å². The maximum atomic E-state index is 14.2. The molecule has 2 unspecified atom stereocenters. The smallest absolute Gasteiger partial charge is 0.217 e. The van der Waals surface area contributed by atoms with Crippen LogP contribution in [0.3, 0.4) is 0 Å². The van der Waals surface area contributed by atoms with Crippen LogP contribution >= 0.6 is 0 Å². The van der Waals surface area contributed by atoms with Gasteiger partial charge in [-0.05, 0) is 36.4 Å². The van der Waals surface area contributed by atoms with E-state index in [1.165, 1.54) is 12.1 Å². The summed E-state index contributed by atoms with van der Waals surface area (Å²) in [5.74, 6) is -4.15. The molecule has 0 fully saturated rings. The van der Waals surface area contributed by atoms with Gasteiger partial charge in [0, 0.05) is 17.2 Å². The Bertz CT molecular complexity index is 792. The van der Waals surface area contributed by atoms with Gasteiger partial charge in [-0.3, -0.25) is 0 Å². The lowest BCUT2D eigenvalue weighted by Gasteiger charge is -2.14. The van der Waals surface area contributed by atoms with Crippen molar-refractivity contribution in [3.63, 3.8) is 0 Å². The largest absolute Gasteiger partial charge is 0.461 e. The van der Waals surface area contributed by atoms with E-state index in [-0.39, 0.29) is 16.9 Å². The number of ether oxygens (including phenoxy) is 2. The predicted molar refractivity (Wildman–Crippen MR) is 85.4 cm³/mol. The summed E-state index contributed by atoms with van der Waals surface area (Å²) < 4.78 is 52.2. The maximum Gasteiger partial charge on any atom is 0.217 e. The molecule has 0 heterocycles. The fourth-order valence-corrected chi connectivity index (χ4v) is 1.98. The number of hydrogen-bond donors (Lipinski definition) is 2. The highest BCUT2D eigenvalue weighted by molar-refractivity contribution is 5.66. The highest BCUT2D eigenvalue weighted by atomic mass is 19.2. The molecule has 0 aliphatic rings. The van der Waals surface area contributed by atoms with Crippen LogP contribution in [0.15, 0.2) is 55.6 Å². The summed E-state index contributed by atoms with van der Waals surface area (Å²) in [5, 5.41) is 18.5. The summed E-state index contributed by atoms with van der Waals surface area (Å²) >= 11 is 0. The third kappa shape index (κ3) is 4.20. The predicted octanol–water partition coefficient (Wildman–Crippen LogP) is 3.54. The molecule has 2 N–H and O–H groups in total. The summed E-state index contributed by atoms with van der Waals surface area (Å²) in [7, 11) is 0. The Morgan fingerprint density at radius 1 is 0.840 bits per heavy atom. The molecule has 2 aromatic carbocycles. The van der Waals surface area contributed by atoms with Crippen molar-refractivity contribution in [1.82, 2.24) is 0 Å². The molecule has 0 saturated heterocycles. The van der Waals surface area contributed by atoms with Crippen molar-refractivity contribution in [2.75, 3.05) is 0 Å². The molecule has 2 aromatic rings. The van der Waals surface area contributed by atoms with Crippen LogP contribution in [-0.4, -0.2) is 22.8 Å². The average Bonchev–Trinajstić information content (AvgIpc) is 2.59. The highest BCUT2D eigenvalue weighted by Gasteiger charge is 2.19. The summed E-state index contributed by atoms with van der Waals surface area (Å²) in [6, 6.07) is 5.56. The van der Waals surface area contributed by atoms with Crippen LogP contribution in [0.4, 0.5) is 13.2 Å². The van der Waals surface area contributed by atoms with Gasteiger partial charge in [-0.25, -0.2) is 8.78 Å². The Labute approximate surface area is 142 Å². The van der Waals surface area contributed by atoms with Crippen molar-refractivity contribution in [1.29, 1.82) is 0 Å². The van der Waals surface area contributed by atoms with Crippen LogP contribution in [0.5, 0.6) is 11.5 Å². The third-order valence-corrected chi connectivity index (χ3v) is 3.19. The van der Waals surface area contributed by atoms with E-state index in [1.54, 1.807) is 0 Å². The molecule has 2 atom stereocenters. The Morgan fingerprint density at radius 3 is 2.04 bits per heavy atom. The Kier molecular flexibility index (Phi) is 5.84. The molecule has 0 aliphatic heterocycles. The van der Waals surface area contributed by atoms with E-state index >= 15 is 0 Å². The minimum absolute atomic E-state index is 0.0106. The number of aliphatic hydroxyl groups is 2. The van der Waals surface area contributed by atoms with Gasteiger partial charge in [-0.15, -0.1) is 0 Å². The van der Waals surface area contributed by atoms with Gasteiger partial charge in [0.1, 0.15) is 11.6 Å². The van der Waals surface area contributed by atoms with Gasteiger partial charge in [0.05, 0.1) is 0 Å². The molecule has 7 heteroatoms. The molecule has 2 rings (SSSR count). The number of halogens is 3. The lowest BCUT2D eigenvalue weighted by Crippen LogP contribution is -2.13. The second kappa shape index (κ2) is 7.87. The molecular weight excluding hydrogens is 337 g/mol. The number of hydrogen-bond acceptors (Lipinski definition) is 4. The van der Waals surface area contributed by atoms with Gasteiger partial charge in [0.2, 0.25) is 18.4 Å². The minimum Gasteiger partial charge on any atom is -0.461 e. The zero-order valence-electron chi connectivity index (χ0n) is 13.0. The van der Waals surface area contributed by atoms with Crippen LogP contribution in [0.1, 0.15) is 0 Å². The molecule has 0 aromatic heterocycles. The van der Waals surface area contributed by atoms with Crippen molar-refractivity contribution in [2.24, 2.45) is 0 Å². The summed E-state index contributed by atoms with van der Waals surface area (Å²) in [5.41, 5.74) is -0.557. The van der Waals surface area contributed by atoms with Gasteiger partial charge in [-0.2, -0.15) is 4.39 Å². The zero-order valence-corrected chi connectivity index (χ0v) is 13.0. The fraction of sp³-hybridized carbons (Fsp3) is 0.111. The summed E-state index contributed by atoms with van der Waals surface area (Å²) in [6.07, 6.45) is -0.755. The van der Waals surface area contributed by atoms with E-state index in [2.05, 4.69) is 13.2 Å². The van der Waals surface area contributed by atoms with Gasteiger partial charge >= 0.3 is 0 Å². The average molecular weight is 352 g/mol. The minimum atomic E-state index is -1.51. The van der Waals surface area contributed by atoms with Crippen molar-refractivity contribution >= 4 is 0 Å². The molecule has 25 heavy (non-hydrogen) atoms. The van der Waals surface area contributed by atoms with E-state index in [9.17, 15) is 23.4 Å². The SMILES string of the molecule is C=CC(O)Oc1ccc(-c2ccc(OC(O)C=C)c(F)c2F)c(F)c1. The molecule has 4 nitrogen and oxygen atoms in total. The first kappa shape index (κ1) is 18.6. The zero-order chi connectivity index (χ0) is 18.6. The topological polar surface area (TPSA) is 58.9 Å². The Balaban J connectivity index is 2.37. The van der Waals surface area contributed by atoms with E-state index in [1.807, 2.05) is 0 Å². The Morgan fingerprint density at radius 2 is 1.44 bits per heavy atom. The van der Waals surface area contributed by atoms with E-state index < -0.39 is 35.8 Å². The monoisotopic (exact) mass is 352 g/mol. The lowest BCUT2D eigenvalue weighted by molar-refractivity contribution is 0.0214. The first-order valence-electron chi connectivity index (χ1n) is 7.09. The first-order chi connectivity index (χ1) is 11.9. The lowest BCUT2D eigenvalue weighted by atomic mass is 10.0. The van der Waals surface area contributed by atoms with Crippen LogP contribution in [0, 0.1) is 17.5 Å². The highest BCUT2D eigenvalue weighted by Crippen LogP contribution is 2.33. The Hall–Kier alpha value is -2.77. The van der Waals surface area contributed by atoms with E-state index in [0.717, 1.165) is 30.4 Å². The van der Waals surface area contributed by atoms with Gasteiger partial charge < -0.3 is 19.7 Å². The molecule has 0 spiro atoms. The molecule has 0 bridgehead atoms. The quantitative estimate of drug-likeness (QED) is 0.591. The molecule has 132 valence electrons. The second-order valence-electron chi connectivity index (χ2n) is 4.87. The second-order valence-corrected chi connectivity index (χ2v) is 4.87. The molecule has 0 radical (unpaired) electrons. The maximum absolute atomic E-state index is 14.2. The van der Waals surface area contributed by atoms with E-state index in [0.29, 0.717) is 0 Å². The molecule has 0 amide bonds. The summed E-state index contributed by atoms with van der Waals surface area (Å²) in [6.45, 7) is 6.55. The molecular formula is C18H15F3O4. The number of benzene rings is 2. The van der Waals surface area contributed by atoms with Gasteiger partial charge in [0.25, 0.3) is 0 Å². The van der Waals surface area contributed by atoms with Crippen LogP contribution < -0.4 is 9.47 Å². The van der Waals surface area contributed by atoms with Gasteiger partial charge in [-0.1, -0.05) is 13.2 Å². The van der Waals surface area contributed by atoms with Crippen molar-refractivity contribution < 1.29 is 32.9 Å². The number of rotatable bonds is 7. The third-order valence-electron chi connectivity index (χ3n) is 3.19. The van der Waals surface area contributed by atoms with Crippen LogP contribution in [0.2, 0.25) is 0 Å². The normalized spacial score (nSPS) is 13.0. The van der Waals surface area contributed by atoms with Crippen LogP contribution in [0.25, 0.3) is 11.1 Å². The van der Waals surface area contributed by atoms with Gasteiger partial charge in [0.15, 0.2) is 11.6 Å².